The molecular formula is C69H118N2O6P+. The summed E-state index contributed by atoms with van der Waals surface area (Å²) in [4.78, 5) is 23.3. The zero-order valence-electron chi connectivity index (χ0n) is 50.6. The second kappa shape index (κ2) is 58.0. The first-order chi connectivity index (χ1) is 38.0. The maximum atomic E-state index is 13.0. The van der Waals surface area contributed by atoms with Gasteiger partial charge in [-0.15, -0.1) is 0 Å². The number of nitrogens with one attached hydrogen (secondary N) is 1. The molecule has 0 saturated carbocycles. The number of nitrogens with zero attached hydrogens (tertiary/aromatic N) is 1. The van der Waals surface area contributed by atoms with Crippen LogP contribution in [0, 0.1) is 0 Å². The molecule has 78 heavy (non-hydrogen) atoms. The average Bonchev–Trinajstić information content (AvgIpc) is 3.41. The highest BCUT2D eigenvalue weighted by atomic mass is 31.2. The number of aliphatic hydroxyl groups is 1. The maximum absolute atomic E-state index is 13.0. The van der Waals surface area contributed by atoms with Gasteiger partial charge in [0.25, 0.3) is 0 Å². The third-order valence-corrected chi connectivity index (χ3v) is 14.0. The van der Waals surface area contributed by atoms with Gasteiger partial charge < -0.3 is 19.8 Å². The summed E-state index contributed by atoms with van der Waals surface area (Å²) < 4.78 is 23.7. The van der Waals surface area contributed by atoms with E-state index in [9.17, 15) is 19.4 Å². The van der Waals surface area contributed by atoms with Crippen LogP contribution in [0.4, 0.5) is 0 Å². The molecule has 3 atom stereocenters. The number of carbonyl (C=O) groups is 1. The number of phosphoric ester groups is 1. The number of phosphoric acid groups is 1. The summed E-state index contributed by atoms with van der Waals surface area (Å²) in [5.41, 5.74) is 0. The predicted molar refractivity (Wildman–Crippen MR) is 341 cm³/mol. The Morgan fingerprint density at radius 3 is 1.18 bits per heavy atom. The number of likely N-dealkylation sites (N-methyl/N-ethyl adjacent to an activating group) is 1. The highest BCUT2D eigenvalue weighted by Crippen LogP contribution is 2.43. The van der Waals surface area contributed by atoms with Gasteiger partial charge in [0.2, 0.25) is 5.91 Å². The van der Waals surface area contributed by atoms with Gasteiger partial charge in [0.15, 0.2) is 0 Å². The molecule has 0 fully saturated rings. The normalized spacial score (nSPS) is 14.8. The van der Waals surface area contributed by atoms with Crippen molar-refractivity contribution in [2.45, 2.75) is 244 Å². The molecule has 1 amide bonds. The topological polar surface area (TPSA) is 105 Å². The molecule has 0 bridgehead atoms. The smallest absolute Gasteiger partial charge is 0.387 e. The summed E-state index contributed by atoms with van der Waals surface area (Å²) >= 11 is 0. The summed E-state index contributed by atoms with van der Waals surface area (Å²) in [5, 5.41) is 13.9. The number of rotatable bonds is 55. The van der Waals surface area contributed by atoms with E-state index in [0.717, 1.165) is 103 Å². The number of quaternary nitrogens is 1. The molecule has 3 N–H and O–H groups in total. The van der Waals surface area contributed by atoms with Gasteiger partial charge in [-0.25, -0.2) is 4.57 Å². The van der Waals surface area contributed by atoms with Gasteiger partial charge >= 0.3 is 7.82 Å². The van der Waals surface area contributed by atoms with Crippen molar-refractivity contribution in [3.8, 4) is 0 Å². The van der Waals surface area contributed by atoms with E-state index in [4.69, 9.17) is 9.05 Å². The van der Waals surface area contributed by atoms with Gasteiger partial charge in [0.1, 0.15) is 13.2 Å². The fourth-order valence-electron chi connectivity index (χ4n) is 8.18. The quantitative estimate of drug-likeness (QED) is 0.0243. The fourth-order valence-corrected chi connectivity index (χ4v) is 8.92. The van der Waals surface area contributed by atoms with Crippen molar-refractivity contribution in [1.82, 2.24) is 5.32 Å². The highest BCUT2D eigenvalue weighted by Gasteiger charge is 2.27. The molecule has 8 nitrogen and oxygen atoms in total. The largest absolute Gasteiger partial charge is 0.472 e. The zero-order chi connectivity index (χ0) is 57.0. The number of hydrogen-bond donors (Lipinski definition) is 3. The minimum Gasteiger partial charge on any atom is -0.387 e. The number of amides is 1. The Balaban J connectivity index is 4.37. The molecule has 0 spiro atoms. The van der Waals surface area contributed by atoms with E-state index in [2.05, 4.69) is 153 Å². The average molecular weight is 1100 g/mol. The van der Waals surface area contributed by atoms with E-state index in [1.807, 2.05) is 27.2 Å². The Hall–Kier alpha value is -3.62. The second-order valence-corrected chi connectivity index (χ2v) is 23.1. The van der Waals surface area contributed by atoms with Gasteiger partial charge in [-0.05, 0) is 116 Å². The van der Waals surface area contributed by atoms with Crippen molar-refractivity contribution in [1.29, 1.82) is 0 Å². The lowest BCUT2D eigenvalue weighted by molar-refractivity contribution is -0.870. The van der Waals surface area contributed by atoms with E-state index in [1.165, 1.54) is 103 Å². The standard InChI is InChI=1S/C69H117N2O6P/c1-6-8-10-12-14-16-18-20-22-24-26-28-30-32-33-34-35-36-37-39-41-43-45-47-49-51-53-55-57-59-61-63-69(73)70-67(66-77-78(74,75)76-65-64-71(3,4)5)68(72)62-60-58-56-54-52-50-48-46-44-42-40-38-31-29-27-25-23-21-19-17-15-13-11-9-7-2/h8,10,14,16,20,22,26,28,32-33,35-36,39,41,44-47,51-54,60,62,67-68,72H,6-7,9,11-13,15,17-19,21,23-25,27,29-31,34,37-38,40,42-43,48-50,55-59,61,63-66H2,1-5H3,(H-,70,73,74,75)/p+1/b10-8-,16-14-,22-20-,28-26-,33-32-,36-35-,41-39-,46-44+,47-45-,53-51-,54-52+,62-60+. The molecule has 444 valence electrons. The van der Waals surface area contributed by atoms with Gasteiger partial charge in [0, 0.05) is 6.42 Å². The molecule has 0 saturated heterocycles. The van der Waals surface area contributed by atoms with Gasteiger partial charge in [0.05, 0.1) is 39.9 Å². The minimum atomic E-state index is -4.38. The SMILES string of the molecule is CC/C=C\C/C=C\C/C=C\C/C=C\C/C=C\C/C=C\C/C=C\C/C=C\C/C=C\CCCCCC(=O)NC(COP(=O)(O)OCC[N+](C)(C)C)C(O)/C=C/CC/C=C/CC/C=C/CCCCCCCCCCCCCCCCC. The Morgan fingerprint density at radius 1 is 0.449 bits per heavy atom. The molecule has 3 unspecified atom stereocenters. The lowest BCUT2D eigenvalue weighted by atomic mass is 10.0. The molecule has 0 aromatic rings. The molecule has 9 heteroatoms. The van der Waals surface area contributed by atoms with Crippen LogP contribution in [0.25, 0.3) is 0 Å². The van der Waals surface area contributed by atoms with Crippen LogP contribution in [-0.2, 0) is 18.4 Å². The third-order valence-electron chi connectivity index (χ3n) is 13.0. The number of unbranched alkanes of at least 4 members (excludes halogenated alkanes) is 20. The van der Waals surface area contributed by atoms with E-state index in [1.54, 1.807) is 6.08 Å². The summed E-state index contributed by atoms with van der Waals surface area (Å²) in [6.45, 7) is 4.64. The number of allylic oxidation sites excluding steroid dienone is 23. The van der Waals surface area contributed by atoms with Crippen LogP contribution in [-0.4, -0.2) is 73.4 Å². The Bertz CT molecular complexity index is 1780. The van der Waals surface area contributed by atoms with Crippen LogP contribution in [0.5, 0.6) is 0 Å². The fraction of sp³-hybridized carbons (Fsp3) is 0.638. The molecular weight excluding hydrogens is 984 g/mol. The highest BCUT2D eigenvalue weighted by molar-refractivity contribution is 7.47. The van der Waals surface area contributed by atoms with Crippen LogP contribution < -0.4 is 5.32 Å². The first kappa shape index (κ1) is 74.4. The van der Waals surface area contributed by atoms with Crippen LogP contribution in [0.1, 0.15) is 232 Å². The molecule has 0 rings (SSSR count). The van der Waals surface area contributed by atoms with Gasteiger partial charge in [-0.2, -0.15) is 0 Å². The molecule has 0 aliphatic rings. The Kier molecular flexibility index (Phi) is 55.4. The summed E-state index contributed by atoms with van der Waals surface area (Å²) in [5.74, 6) is -0.228. The third kappa shape index (κ3) is 60.0. The van der Waals surface area contributed by atoms with Gasteiger partial charge in [-0.1, -0.05) is 256 Å². The number of hydrogen-bond acceptors (Lipinski definition) is 5. The van der Waals surface area contributed by atoms with Crippen LogP contribution in [0.3, 0.4) is 0 Å². The minimum absolute atomic E-state index is 0.0382. The summed E-state index contributed by atoms with van der Waals surface area (Å²) in [6, 6.07) is -0.901. The molecule has 0 radical (unpaired) electrons. The van der Waals surface area contributed by atoms with Crippen LogP contribution in [0.15, 0.2) is 146 Å². The predicted octanol–water partition coefficient (Wildman–Crippen LogP) is 19.6. The van der Waals surface area contributed by atoms with Crippen molar-refractivity contribution < 1.29 is 32.9 Å². The lowest BCUT2D eigenvalue weighted by Crippen LogP contribution is -2.45. The van der Waals surface area contributed by atoms with Gasteiger partial charge in [-0.3, -0.25) is 13.8 Å². The van der Waals surface area contributed by atoms with Crippen molar-refractivity contribution in [2.24, 2.45) is 0 Å². The van der Waals surface area contributed by atoms with Crippen molar-refractivity contribution in [3.05, 3.63) is 146 Å². The summed E-state index contributed by atoms with van der Waals surface area (Å²) in [6.07, 6.45) is 89.7. The zero-order valence-corrected chi connectivity index (χ0v) is 51.5. The molecule has 0 aromatic heterocycles. The van der Waals surface area contributed by atoms with E-state index >= 15 is 0 Å². The van der Waals surface area contributed by atoms with Crippen molar-refractivity contribution in [2.75, 3.05) is 40.9 Å². The Morgan fingerprint density at radius 2 is 0.782 bits per heavy atom. The van der Waals surface area contributed by atoms with Crippen molar-refractivity contribution in [3.63, 3.8) is 0 Å². The number of carbonyl (C=O) groups excluding carboxylic acids is 1. The molecule has 0 heterocycles. The molecule has 0 aromatic carbocycles. The van der Waals surface area contributed by atoms with Crippen molar-refractivity contribution >= 4 is 13.7 Å². The maximum Gasteiger partial charge on any atom is 0.472 e. The summed E-state index contributed by atoms with van der Waals surface area (Å²) in [7, 11) is 1.50. The van der Waals surface area contributed by atoms with E-state index < -0.39 is 20.0 Å². The van der Waals surface area contributed by atoms with Crippen LogP contribution >= 0.6 is 7.82 Å². The van der Waals surface area contributed by atoms with E-state index in [-0.39, 0.29) is 19.1 Å². The molecule has 0 aliphatic carbocycles. The number of aliphatic hydroxyl groups excluding tert-OH is 1. The first-order valence-corrected chi connectivity index (χ1v) is 32.7. The monoisotopic (exact) mass is 1100 g/mol. The van der Waals surface area contributed by atoms with E-state index in [0.29, 0.717) is 23.9 Å². The molecule has 0 aliphatic heterocycles. The lowest BCUT2D eigenvalue weighted by Gasteiger charge is -2.25. The second-order valence-electron chi connectivity index (χ2n) is 21.7. The first-order valence-electron chi connectivity index (χ1n) is 31.2. The van der Waals surface area contributed by atoms with Crippen LogP contribution in [0.2, 0.25) is 0 Å². The Labute approximate surface area is 480 Å².